The van der Waals surface area contributed by atoms with E-state index in [0.717, 1.165) is 17.3 Å². The van der Waals surface area contributed by atoms with E-state index >= 15 is 0 Å². The highest BCUT2D eigenvalue weighted by Crippen LogP contribution is 2.73. The van der Waals surface area contributed by atoms with Crippen LogP contribution < -0.4 is 5.32 Å². The van der Waals surface area contributed by atoms with E-state index in [1.165, 1.54) is 0 Å². The van der Waals surface area contributed by atoms with Crippen LogP contribution in [-0.4, -0.2) is 48.9 Å². The second-order valence-electron chi connectivity index (χ2n) is 8.78. The Kier molecular flexibility index (Phi) is 3.57. The maximum atomic E-state index is 12.8. The number of fused-ring (bicyclic) bond motifs is 1. The molecule has 8 heteroatoms. The third-order valence-corrected chi connectivity index (χ3v) is 6.77. The van der Waals surface area contributed by atoms with Gasteiger partial charge in [0.15, 0.2) is 5.82 Å². The molecule has 3 heterocycles. The molecule has 0 spiro atoms. The zero-order valence-electron chi connectivity index (χ0n) is 16.3. The molecule has 1 saturated carbocycles. The number of nitrogens with zero attached hydrogens (tertiary/aromatic N) is 5. The molecular formula is C18H27N7O. The summed E-state index contributed by atoms with van der Waals surface area (Å²) in [5.74, 6) is 2.69. The fraction of sp³-hybridized carbons (Fsp3) is 0.667. The fourth-order valence-corrected chi connectivity index (χ4v) is 4.44. The van der Waals surface area contributed by atoms with Gasteiger partial charge >= 0.3 is 0 Å². The van der Waals surface area contributed by atoms with Gasteiger partial charge in [-0.2, -0.15) is 5.10 Å². The molecule has 0 aromatic carbocycles. The molecule has 2 aromatic heterocycles. The lowest BCUT2D eigenvalue weighted by molar-refractivity contribution is -0.122. The van der Waals surface area contributed by atoms with Crippen molar-refractivity contribution in [3.63, 3.8) is 0 Å². The third kappa shape index (κ3) is 2.39. The minimum Gasteiger partial charge on any atom is -0.312 e. The first-order valence-corrected chi connectivity index (χ1v) is 9.08. The van der Waals surface area contributed by atoms with Crippen molar-refractivity contribution in [3.8, 4) is 0 Å². The van der Waals surface area contributed by atoms with Gasteiger partial charge in [-0.1, -0.05) is 27.7 Å². The zero-order valence-corrected chi connectivity index (χ0v) is 16.3. The van der Waals surface area contributed by atoms with Gasteiger partial charge in [0.05, 0.1) is 13.1 Å². The van der Waals surface area contributed by atoms with Gasteiger partial charge in [-0.15, -0.1) is 10.2 Å². The standard InChI is InChI=1S/C18H27N7O/c1-10-20-23-14-9-24(6)12(8-25(10)14)16(26)19-13-7-11(21-22-13)15-17(2,3)18(15,4)5/h7,12,15H,8-9H2,1-6H3,(H2,19,21,22,26). The van der Waals surface area contributed by atoms with Crippen molar-refractivity contribution in [3.05, 3.63) is 23.4 Å². The maximum absolute atomic E-state index is 12.8. The van der Waals surface area contributed by atoms with Crippen LogP contribution in [0.25, 0.3) is 0 Å². The quantitative estimate of drug-likeness (QED) is 0.875. The predicted octanol–water partition coefficient (Wildman–Crippen LogP) is 1.91. The Morgan fingerprint density at radius 1 is 1.27 bits per heavy atom. The number of aromatic nitrogens is 5. The molecule has 0 bridgehead atoms. The molecule has 1 unspecified atom stereocenters. The second-order valence-corrected chi connectivity index (χ2v) is 8.78. The highest BCUT2D eigenvalue weighted by molar-refractivity contribution is 5.94. The van der Waals surface area contributed by atoms with Crippen LogP contribution in [0, 0.1) is 17.8 Å². The summed E-state index contributed by atoms with van der Waals surface area (Å²) in [5, 5.41) is 18.7. The molecule has 2 aliphatic rings. The summed E-state index contributed by atoms with van der Waals surface area (Å²) in [4.78, 5) is 14.8. The van der Waals surface area contributed by atoms with E-state index in [1.807, 2.05) is 29.5 Å². The first kappa shape index (κ1) is 17.2. The fourth-order valence-electron chi connectivity index (χ4n) is 4.44. The van der Waals surface area contributed by atoms with Crippen molar-refractivity contribution in [2.24, 2.45) is 10.8 Å². The Hall–Kier alpha value is -2.22. The average molecular weight is 357 g/mol. The number of rotatable bonds is 3. The summed E-state index contributed by atoms with van der Waals surface area (Å²) >= 11 is 0. The molecule has 140 valence electrons. The zero-order chi connectivity index (χ0) is 18.9. The van der Waals surface area contributed by atoms with E-state index in [2.05, 4.69) is 53.4 Å². The number of amides is 1. The summed E-state index contributed by atoms with van der Waals surface area (Å²) in [6.45, 7) is 12.2. The first-order valence-electron chi connectivity index (χ1n) is 9.08. The first-order chi connectivity index (χ1) is 12.1. The molecule has 1 atom stereocenters. The number of anilines is 1. The molecule has 1 fully saturated rings. The minimum absolute atomic E-state index is 0.0568. The maximum Gasteiger partial charge on any atom is 0.244 e. The van der Waals surface area contributed by atoms with Crippen LogP contribution >= 0.6 is 0 Å². The van der Waals surface area contributed by atoms with Crippen LogP contribution in [0.3, 0.4) is 0 Å². The molecule has 1 amide bonds. The normalized spacial score (nSPS) is 24.3. The molecule has 0 radical (unpaired) electrons. The molecule has 2 N–H and O–H groups in total. The van der Waals surface area contributed by atoms with Crippen LogP contribution in [0.1, 0.15) is 51.0 Å². The number of hydrogen-bond acceptors (Lipinski definition) is 5. The topological polar surface area (TPSA) is 91.7 Å². The number of nitrogens with one attached hydrogen (secondary N) is 2. The highest BCUT2D eigenvalue weighted by atomic mass is 16.2. The molecule has 8 nitrogen and oxygen atoms in total. The van der Waals surface area contributed by atoms with E-state index in [4.69, 9.17) is 0 Å². The van der Waals surface area contributed by atoms with Crippen molar-refractivity contribution in [1.29, 1.82) is 0 Å². The molecule has 2 aromatic rings. The van der Waals surface area contributed by atoms with Gasteiger partial charge in [0.1, 0.15) is 17.7 Å². The summed E-state index contributed by atoms with van der Waals surface area (Å²) in [6, 6.07) is 1.70. The molecular weight excluding hydrogens is 330 g/mol. The minimum atomic E-state index is -0.272. The molecule has 1 aliphatic carbocycles. The van der Waals surface area contributed by atoms with Crippen LogP contribution in [0.5, 0.6) is 0 Å². The van der Waals surface area contributed by atoms with Crippen LogP contribution in [0.4, 0.5) is 5.82 Å². The van der Waals surface area contributed by atoms with Gasteiger partial charge in [-0.25, -0.2) is 0 Å². The van der Waals surface area contributed by atoms with Crippen LogP contribution in [0.2, 0.25) is 0 Å². The Morgan fingerprint density at radius 2 is 1.96 bits per heavy atom. The summed E-state index contributed by atoms with van der Waals surface area (Å²) in [5.41, 5.74) is 1.55. The lowest BCUT2D eigenvalue weighted by Crippen LogP contribution is -2.48. The summed E-state index contributed by atoms with van der Waals surface area (Å²) < 4.78 is 2.01. The van der Waals surface area contributed by atoms with Gasteiger partial charge in [-0.3, -0.25) is 14.8 Å². The van der Waals surface area contributed by atoms with Crippen molar-refractivity contribution >= 4 is 11.7 Å². The van der Waals surface area contributed by atoms with Crippen molar-refractivity contribution in [2.45, 2.75) is 59.7 Å². The van der Waals surface area contributed by atoms with E-state index in [-0.39, 0.29) is 22.8 Å². The van der Waals surface area contributed by atoms with Crippen molar-refractivity contribution in [1.82, 2.24) is 29.9 Å². The third-order valence-electron chi connectivity index (χ3n) is 6.77. The number of aryl methyl sites for hydroxylation is 1. The number of H-pyrrole nitrogens is 1. The molecule has 4 rings (SSSR count). The number of aromatic amines is 1. The van der Waals surface area contributed by atoms with Gasteiger partial charge in [0, 0.05) is 17.7 Å². The Labute approximate surface area is 153 Å². The highest BCUT2D eigenvalue weighted by Gasteiger charge is 2.65. The van der Waals surface area contributed by atoms with Crippen LogP contribution in [0.15, 0.2) is 6.07 Å². The van der Waals surface area contributed by atoms with E-state index in [0.29, 0.717) is 24.8 Å². The Balaban J connectivity index is 1.47. The van der Waals surface area contributed by atoms with Gasteiger partial charge < -0.3 is 9.88 Å². The second kappa shape index (κ2) is 5.39. The van der Waals surface area contributed by atoms with Gasteiger partial charge in [0.25, 0.3) is 0 Å². The Bertz CT molecular complexity index is 849. The van der Waals surface area contributed by atoms with Gasteiger partial charge in [-0.05, 0) is 24.8 Å². The van der Waals surface area contributed by atoms with E-state index in [1.54, 1.807) is 0 Å². The van der Waals surface area contributed by atoms with Crippen molar-refractivity contribution in [2.75, 3.05) is 12.4 Å². The SMILES string of the molecule is Cc1nnc2n1CC(C(=O)Nc1cc(C3C(C)(C)C3(C)C)[nH]n1)N(C)C2. The van der Waals surface area contributed by atoms with E-state index < -0.39 is 0 Å². The summed E-state index contributed by atoms with van der Waals surface area (Å²) in [7, 11) is 1.93. The van der Waals surface area contributed by atoms with Crippen molar-refractivity contribution < 1.29 is 4.79 Å². The number of carbonyl (C=O) groups is 1. The molecule has 26 heavy (non-hydrogen) atoms. The largest absolute Gasteiger partial charge is 0.312 e. The van der Waals surface area contributed by atoms with Crippen LogP contribution in [-0.2, 0) is 17.9 Å². The summed E-state index contributed by atoms with van der Waals surface area (Å²) in [6.07, 6.45) is 0. The predicted molar refractivity (Wildman–Crippen MR) is 97.5 cm³/mol. The molecule has 0 saturated heterocycles. The molecule has 1 aliphatic heterocycles. The smallest absolute Gasteiger partial charge is 0.244 e. The lowest BCUT2D eigenvalue weighted by atomic mass is 10.0. The monoisotopic (exact) mass is 357 g/mol. The lowest BCUT2D eigenvalue weighted by Gasteiger charge is -2.31. The number of hydrogen-bond donors (Lipinski definition) is 2. The van der Waals surface area contributed by atoms with Gasteiger partial charge in [0.2, 0.25) is 5.91 Å². The number of likely N-dealkylation sites (N-methyl/N-ethyl adjacent to an activating group) is 1. The number of carbonyl (C=O) groups excluding carboxylic acids is 1. The average Bonchev–Trinajstić information content (AvgIpc) is 2.96. The van der Waals surface area contributed by atoms with E-state index in [9.17, 15) is 4.79 Å². The Morgan fingerprint density at radius 3 is 2.62 bits per heavy atom.